The number of H-pyrrole nitrogens is 1. The quantitative estimate of drug-likeness (QED) is 0.522. The first-order chi connectivity index (χ1) is 10.4. The van der Waals surface area contributed by atoms with E-state index < -0.39 is 10.0 Å². The van der Waals surface area contributed by atoms with Crippen LogP contribution >= 0.6 is 15.9 Å². The van der Waals surface area contributed by atoms with Crippen LogP contribution in [0.25, 0.3) is 10.9 Å². The van der Waals surface area contributed by atoms with E-state index in [9.17, 15) is 13.5 Å². The predicted octanol–water partition coefficient (Wildman–Crippen LogP) is 2.94. The number of benzene rings is 2. The van der Waals surface area contributed by atoms with Crippen LogP contribution in [0.15, 0.2) is 57.9 Å². The van der Waals surface area contributed by atoms with E-state index in [0.29, 0.717) is 16.6 Å². The van der Waals surface area contributed by atoms with Crippen molar-refractivity contribution in [3.8, 4) is 5.88 Å². The molecule has 0 spiro atoms. The summed E-state index contributed by atoms with van der Waals surface area (Å²) >= 11 is 3.31. The van der Waals surface area contributed by atoms with Gasteiger partial charge in [0.25, 0.3) is 10.0 Å². The highest BCUT2D eigenvalue weighted by atomic mass is 79.9. The summed E-state index contributed by atoms with van der Waals surface area (Å²) in [5.41, 5.74) is 3.93. The molecule has 1 heterocycles. The molecular weight excluding hydrogens is 370 g/mol. The Morgan fingerprint density at radius 2 is 1.77 bits per heavy atom. The van der Waals surface area contributed by atoms with Gasteiger partial charge in [-0.05, 0) is 42.5 Å². The van der Waals surface area contributed by atoms with Gasteiger partial charge in [-0.3, -0.25) is 0 Å². The Labute approximate surface area is 135 Å². The molecule has 1 aromatic heterocycles. The van der Waals surface area contributed by atoms with Gasteiger partial charge in [0.1, 0.15) is 0 Å². The second-order valence-electron chi connectivity index (χ2n) is 4.64. The number of aromatic hydroxyl groups is 1. The van der Waals surface area contributed by atoms with Crippen LogP contribution in [0.4, 0.5) is 5.69 Å². The van der Waals surface area contributed by atoms with Crippen LogP contribution in [0.5, 0.6) is 5.88 Å². The molecule has 0 atom stereocenters. The van der Waals surface area contributed by atoms with Gasteiger partial charge >= 0.3 is 0 Å². The molecular formula is C14H12BrN3O3S. The molecule has 6 nitrogen and oxygen atoms in total. The molecule has 0 fully saturated rings. The van der Waals surface area contributed by atoms with Gasteiger partial charge in [0.05, 0.1) is 4.90 Å². The first-order valence-electron chi connectivity index (χ1n) is 6.29. The van der Waals surface area contributed by atoms with E-state index in [2.05, 4.69) is 31.2 Å². The van der Waals surface area contributed by atoms with Crippen LogP contribution in [0.1, 0.15) is 0 Å². The summed E-state index contributed by atoms with van der Waals surface area (Å²) in [5, 5.41) is 10.0. The molecule has 114 valence electrons. The normalized spacial score (nSPS) is 11.7. The van der Waals surface area contributed by atoms with Crippen LogP contribution in [0.2, 0.25) is 0 Å². The smallest absolute Gasteiger partial charge is 0.257 e. The molecule has 0 aliphatic heterocycles. The Bertz CT molecular complexity index is 920. The van der Waals surface area contributed by atoms with E-state index in [-0.39, 0.29) is 10.8 Å². The van der Waals surface area contributed by atoms with Gasteiger partial charge in [0.2, 0.25) is 0 Å². The maximum absolute atomic E-state index is 12.3. The number of hydrazine groups is 1. The molecule has 0 unspecified atom stereocenters. The molecule has 0 bridgehead atoms. The van der Waals surface area contributed by atoms with E-state index in [1.165, 1.54) is 18.2 Å². The summed E-state index contributed by atoms with van der Waals surface area (Å²) in [5.74, 6) is -0.00880. The summed E-state index contributed by atoms with van der Waals surface area (Å²) in [6.45, 7) is 0. The second-order valence-corrected chi connectivity index (χ2v) is 7.24. The second kappa shape index (κ2) is 5.64. The van der Waals surface area contributed by atoms with Crippen LogP contribution < -0.4 is 10.3 Å². The van der Waals surface area contributed by atoms with Crippen molar-refractivity contribution in [2.75, 3.05) is 5.43 Å². The van der Waals surface area contributed by atoms with E-state index in [1.807, 2.05) is 0 Å². The number of aromatic nitrogens is 1. The standard InChI is InChI=1S/C14H12BrN3O3S/c15-10-1-3-11(4-2-10)17-18-22(20,21)12-5-6-13-9(7-12)8-14(19)16-13/h1-8,16-19H. The highest BCUT2D eigenvalue weighted by Gasteiger charge is 2.14. The average molecular weight is 382 g/mol. The molecule has 2 aromatic carbocycles. The average Bonchev–Trinajstić information content (AvgIpc) is 2.86. The van der Waals surface area contributed by atoms with Crippen molar-refractivity contribution >= 4 is 42.5 Å². The molecule has 0 saturated heterocycles. The highest BCUT2D eigenvalue weighted by molar-refractivity contribution is 9.10. The monoisotopic (exact) mass is 381 g/mol. The molecule has 22 heavy (non-hydrogen) atoms. The zero-order valence-electron chi connectivity index (χ0n) is 11.2. The van der Waals surface area contributed by atoms with Crippen molar-refractivity contribution in [1.29, 1.82) is 0 Å². The fourth-order valence-corrected chi connectivity index (χ4v) is 3.14. The minimum Gasteiger partial charge on any atom is -0.495 e. The molecule has 0 aliphatic rings. The first-order valence-corrected chi connectivity index (χ1v) is 8.57. The van der Waals surface area contributed by atoms with E-state index in [4.69, 9.17) is 0 Å². The van der Waals surface area contributed by atoms with Crippen LogP contribution in [-0.2, 0) is 10.0 Å². The molecule has 4 N–H and O–H groups in total. The molecule has 0 amide bonds. The summed E-state index contributed by atoms with van der Waals surface area (Å²) < 4.78 is 25.4. The number of anilines is 1. The maximum atomic E-state index is 12.3. The van der Waals surface area contributed by atoms with Crippen LogP contribution in [-0.4, -0.2) is 18.5 Å². The lowest BCUT2D eigenvalue weighted by molar-refractivity contribution is 0.458. The van der Waals surface area contributed by atoms with E-state index >= 15 is 0 Å². The van der Waals surface area contributed by atoms with Gasteiger partial charge in [-0.25, -0.2) is 8.42 Å². The largest absolute Gasteiger partial charge is 0.495 e. The van der Waals surface area contributed by atoms with Gasteiger partial charge in [0.15, 0.2) is 5.88 Å². The first kappa shape index (κ1) is 14.9. The van der Waals surface area contributed by atoms with Gasteiger partial charge in [-0.2, -0.15) is 0 Å². The fourth-order valence-electron chi connectivity index (χ4n) is 1.98. The molecule has 0 radical (unpaired) electrons. The maximum Gasteiger partial charge on any atom is 0.257 e. The van der Waals surface area contributed by atoms with Crippen molar-refractivity contribution < 1.29 is 13.5 Å². The minimum atomic E-state index is -3.72. The van der Waals surface area contributed by atoms with Gasteiger partial charge < -0.3 is 15.5 Å². The zero-order chi connectivity index (χ0) is 15.7. The lowest BCUT2D eigenvalue weighted by Crippen LogP contribution is -2.29. The Morgan fingerprint density at radius 1 is 1.05 bits per heavy atom. The third-order valence-electron chi connectivity index (χ3n) is 3.06. The minimum absolute atomic E-state index is 0.00880. The number of rotatable bonds is 4. The number of halogens is 1. The Morgan fingerprint density at radius 3 is 2.50 bits per heavy atom. The number of aromatic amines is 1. The Balaban J connectivity index is 1.82. The summed E-state index contributed by atoms with van der Waals surface area (Å²) in [7, 11) is -3.72. The molecule has 3 rings (SSSR count). The number of fused-ring (bicyclic) bond motifs is 1. The van der Waals surface area contributed by atoms with Crippen molar-refractivity contribution in [1.82, 2.24) is 9.82 Å². The van der Waals surface area contributed by atoms with Gasteiger partial charge in [-0.1, -0.05) is 15.9 Å². The molecule has 0 aliphatic carbocycles. The third-order valence-corrected chi connectivity index (χ3v) is 4.84. The van der Waals surface area contributed by atoms with Crippen molar-refractivity contribution in [2.45, 2.75) is 4.90 Å². The van der Waals surface area contributed by atoms with Crippen LogP contribution in [0, 0.1) is 0 Å². The molecule has 0 saturated carbocycles. The number of nitrogens with one attached hydrogen (secondary N) is 3. The topological polar surface area (TPSA) is 94.2 Å². The highest BCUT2D eigenvalue weighted by Crippen LogP contribution is 2.22. The number of hydrogen-bond donors (Lipinski definition) is 4. The van der Waals surface area contributed by atoms with Gasteiger partial charge in [0, 0.05) is 27.1 Å². The summed E-state index contributed by atoms with van der Waals surface area (Å²) in [4.78, 5) is 5.14. The molecule has 3 aromatic rings. The van der Waals surface area contributed by atoms with E-state index in [1.54, 1.807) is 30.3 Å². The van der Waals surface area contributed by atoms with Gasteiger partial charge in [-0.15, -0.1) is 4.83 Å². The fraction of sp³-hybridized carbons (Fsp3) is 0. The number of hydrogen-bond acceptors (Lipinski definition) is 4. The van der Waals surface area contributed by atoms with Crippen molar-refractivity contribution in [3.63, 3.8) is 0 Å². The van der Waals surface area contributed by atoms with E-state index in [0.717, 1.165) is 4.47 Å². The van der Waals surface area contributed by atoms with Crippen LogP contribution in [0.3, 0.4) is 0 Å². The molecule has 8 heteroatoms. The Kier molecular flexibility index (Phi) is 3.81. The SMILES string of the molecule is O=S(=O)(NNc1ccc(Br)cc1)c1ccc2[nH]c(O)cc2c1. The van der Waals surface area contributed by atoms with Crippen molar-refractivity contribution in [3.05, 3.63) is 53.0 Å². The predicted molar refractivity (Wildman–Crippen MR) is 88.0 cm³/mol. The third kappa shape index (κ3) is 3.08. The summed E-state index contributed by atoms with van der Waals surface area (Å²) in [6.07, 6.45) is 0. The number of sulfonamides is 1. The zero-order valence-corrected chi connectivity index (χ0v) is 13.6. The lowest BCUT2D eigenvalue weighted by atomic mass is 10.2. The Hall–Kier alpha value is -2.03. The van der Waals surface area contributed by atoms with Crippen molar-refractivity contribution in [2.24, 2.45) is 0 Å². The lowest BCUT2D eigenvalue weighted by Gasteiger charge is -2.09. The summed E-state index contributed by atoms with van der Waals surface area (Å²) in [6, 6.07) is 13.1.